The van der Waals surface area contributed by atoms with Crippen molar-refractivity contribution in [3.8, 4) is 17.2 Å². The van der Waals surface area contributed by atoms with Crippen molar-refractivity contribution in [2.24, 2.45) is 0 Å². The van der Waals surface area contributed by atoms with E-state index in [1.54, 1.807) is 13.2 Å². The lowest BCUT2D eigenvalue weighted by Crippen LogP contribution is -2.10. The molecule has 0 aliphatic rings. The van der Waals surface area contributed by atoms with Crippen LogP contribution >= 0.6 is 27.7 Å². The van der Waals surface area contributed by atoms with Gasteiger partial charge in [-0.2, -0.15) is 0 Å². The standard InChI is InChI=1S/C19H20BrN3O3S/c1-4-5-13-9-17(24)23-19(21-13)27-10-15-11(2)26-18(22-15)14-8-12(20)6-7-16(14)25-3/h6-9H,4-5,10H2,1-3H3,(H,21,23,24). The Hall–Kier alpha value is -2.06. The van der Waals surface area contributed by atoms with Crippen molar-refractivity contribution in [3.63, 3.8) is 0 Å². The summed E-state index contributed by atoms with van der Waals surface area (Å²) in [5, 5.41) is 0.593. The Morgan fingerprint density at radius 3 is 2.85 bits per heavy atom. The molecule has 0 saturated heterocycles. The van der Waals surface area contributed by atoms with Crippen LogP contribution in [0.1, 0.15) is 30.5 Å². The first-order valence-electron chi connectivity index (χ1n) is 8.53. The number of nitrogens with zero attached hydrogens (tertiary/aromatic N) is 2. The van der Waals surface area contributed by atoms with Gasteiger partial charge >= 0.3 is 0 Å². The number of benzene rings is 1. The molecule has 0 bridgehead atoms. The lowest BCUT2D eigenvalue weighted by atomic mass is 10.2. The molecule has 3 aromatic rings. The molecule has 142 valence electrons. The molecular formula is C19H20BrN3O3S. The predicted molar refractivity (Wildman–Crippen MR) is 109 cm³/mol. The quantitative estimate of drug-likeness (QED) is 0.413. The topological polar surface area (TPSA) is 81.0 Å². The van der Waals surface area contributed by atoms with Gasteiger partial charge in [0.05, 0.1) is 18.4 Å². The Labute approximate surface area is 169 Å². The number of methoxy groups -OCH3 is 1. The van der Waals surface area contributed by atoms with Crippen molar-refractivity contribution < 1.29 is 9.15 Å². The normalized spacial score (nSPS) is 11.0. The highest BCUT2D eigenvalue weighted by Crippen LogP contribution is 2.34. The second-order valence-corrected chi connectivity index (χ2v) is 7.83. The van der Waals surface area contributed by atoms with E-state index in [-0.39, 0.29) is 5.56 Å². The second kappa shape index (κ2) is 8.75. The first kappa shape index (κ1) is 19.7. The number of aromatic nitrogens is 3. The van der Waals surface area contributed by atoms with E-state index >= 15 is 0 Å². The molecule has 0 spiro atoms. The van der Waals surface area contributed by atoms with Crippen molar-refractivity contribution in [3.05, 3.63) is 56.2 Å². The number of thioether (sulfide) groups is 1. The predicted octanol–water partition coefficient (Wildman–Crippen LogP) is 4.75. The van der Waals surface area contributed by atoms with Gasteiger partial charge < -0.3 is 14.1 Å². The van der Waals surface area contributed by atoms with E-state index in [1.807, 2.05) is 25.1 Å². The molecular weight excluding hydrogens is 430 g/mol. The van der Waals surface area contributed by atoms with E-state index in [1.165, 1.54) is 11.8 Å². The van der Waals surface area contributed by atoms with Crippen LogP contribution in [0.5, 0.6) is 5.75 Å². The first-order valence-corrected chi connectivity index (χ1v) is 10.3. The second-order valence-electron chi connectivity index (χ2n) is 5.95. The maximum absolute atomic E-state index is 11.8. The van der Waals surface area contributed by atoms with E-state index < -0.39 is 0 Å². The fraction of sp³-hybridized carbons (Fsp3) is 0.316. The Kier molecular flexibility index (Phi) is 6.38. The Balaban J connectivity index is 1.82. The van der Waals surface area contributed by atoms with Gasteiger partial charge in [0, 0.05) is 22.0 Å². The fourth-order valence-corrected chi connectivity index (χ4v) is 3.85. The lowest BCUT2D eigenvalue weighted by molar-refractivity contribution is 0.414. The van der Waals surface area contributed by atoms with Gasteiger partial charge in [-0.3, -0.25) is 4.79 Å². The van der Waals surface area contributed by atoms with E-state index in [0.717, 1.165) is 40.0 Å². The molecule has 0 fully saturated rings. The van der Waals surface area contributed by atoms with Crippen LogP contribution in [0.25, 0.3) is 11.5 Å². The summed E-state index contributed by atoms with van der Waals surface area (Å²) < 4.78 is 12.2. The van der Waals surface area contributed by atoms with E-state index in [2.05, 4.69) is 37.8 Å². The molecule has 6 nitrogen and oxygen atoms in total. The minimum absolute atomic E-state index is 0.132. The zero-order valence-electron chi connectivity index (χ0n) is 15.3. The number of H-pyrrole nitrogens is 1. The number of ether oxygens (including phenoxy) is 1. The molecule has 0 atom stereocenters. The van der Waals surface area contributed by atoms with Crippen molar-refractivity contribution in [2.75, 3.05) is 7.11 Å². The largest absolute Gasteiger partial charge is 0.496 e. The van der Waals surface area contributed by atoms with Crippen LogP contribution < -0.4 is 10.3 Å². The minimum Gasteiger partial charge on any atom is -0.496 e. The third-order valence-corrected chi connectivity index (χ3v) is 5.29. The smallest absolute Gasteiger partial charge is 0.251 e. The van der Waals surface area contributed by atoms with Crippen LogP contribution in [-0.2, 0) is 12.2 Å². The SMILES string of the molecule is CCCc1cc(=O)[nH]c(SCc2nc(-c3cc(Br)ccc3OC)oc2C)n1. The lowest BCUT2D eigenvalue weighted by Gasteiger charge is -2.05. The number of hydrogen-bond donors (Lipinski definition) is 1. The maximum Gasteiger partial charge on any atom is 0.251 e. The van der Waals surface area contributed by atoms with Crippen LogP contribution in [0.2, 0.25) is 0 Å². The highest BCUT2D eigenvalue weighted by Gasteiger charge is 2.16. The summed E-state index contributed by atoms with van der Waals surface area (Å²) in [6.45, 7) is 3.94. The van der Waals surface area contributed by atoms with Gasteiger partial charge in [0.15, 0.2) is 5.16 Å². The van der Waals surface area contributed by atoms with E-state index in [0.29, 0.717) is 22.5 Å². The summed E-state index contributed by atoms with van der Waals surface area (Å²) in [4.78, 5) is 23.7. The number of hydrogen-bond acceptors (Lipinski definition) is 6. The van der Waals surface area contributed by atoms with Gasteiger partial charge in [0.2, 0.25) is 5.89 Å². The molecule has 1 N–H and O–H groups in total. The van der Waals surface area contributed by atoms with Gasteiger partial charge in [-0.05, 0) is 31.5 Å². The molecule has 2 aromatic heterocycles. The van der Waals surface area contributed by atoms with Crippen LogP contribution in [0, 0.1) is 6.92 Å². The summed E-state index contributed by atoms with van der Waals surface area (Å²) in [5.41, 5.74) is 2.26. The van der Waals surface area contributed by atoms with Crippen molar-refractivity contribution in [1.82, 2.24) is 15.0 Å². The number of aryl methyl sites for hydroxylation is 2. The number of aromatic amines is 1. The van der Waals surface area contributed by atoms with Crippen LogP contribution in [0.15, 0.2) is 43.1 Å². The summed E-state index contributed by atoms with van der Waals surface area (Å²) in [5.74, 6) is 2.47. The van der Waals surface area contributed by atoms with Gasteiger partial charge in [0.1, 0.15) is 11.5 Å². The third kappa shape index (κ3) is 4.81. The van der Waals surface area contributed by atoms with Crippen molar-refractivity contribution in [1.29, 1.82) is 0 Å². The fourth-order valence-electron chi connectivity index (χ4n) is 2.60. The number of nitrogens with one attached hydrogen (secondary N) is 1. The van der Waals surface area contributed by atoms with Gasteiger partial charge in [-0.15, -0.1) is 0 Å². The van der Waals surface area contributed by atoms with E-state index in [4.69, 9.17) is 9.15 Å². The van der Waals surface area contributed by atoms with Crippen LogP contribution in [-0.4, -0.2) is 22.1 Å². The number of halogens is 1. The molecule has 27 heavy (non-hydrogen) atoms. The molecule has 1 aromatic carbocycles. The van der Waals surface area contributed by atoms with Gasteiger partial charge in [-0.25, -0.2) is 9.97 Å². The highest BCUT2D eigenvalue weighted by molar-refractivity contribution is 9.10. The summed E-state index contributed by atoms with van der Waals surface area (Å²) in [6.07, 6.45) is 1.73. The number of oxazole rings is 1. The zero-order chi connectivity index (χ0) is 19.4. The third-order valence-electron chi connectivity index (χ3n) is 3.91. The average molecular weight is 450 g/mol. The molecule has 0 amide bonds. The molecule has 3 rings (SSSR count). The van der Waals surface area contributed by atoms with Crippen LogP contribution in [0.3, 0.4) is 0 Å². The van der Waals surface area contributed by atoms with E-state index in [9.17, 15) is 4.79 Å². The Morgan fingerprint density at radius 1 is 1.30 bits per heavy atom. The summed E-state index contributed by atoms with van der Waals surface area (Å²) >= 11 is 4.90. The highest BCUT2D eigenvalue weighted by atomic mass is 79.9. The monoisotopic (exact) mass is 449 g/mol. The van der Waals surface area contributed by atoms with Gasteiger partial charge in [0.25, 0.3) is 5.56 Å². The zero-order valence-corrected chi connectivity index (χ0v) is 17.7. The molecule has 0 aliphatic heterocycles. The molecule has 0 radical (unpaired) electrons. The summed E-state index contributed by atoms with van der Waals surface area (Å²) in [7, 11) is 1.62. The molecule has 0 aliphatic carbocycles. The average Bonchev–Trinajstić information content (AvgIpc) is 3.00. The Morgan fingerprint density at radius 2 is 2.11 bits per heavy atom. The van der Waals surface area contributed by atoms with Crippen molar-refractivity contribution in [2.45, 2.75) is 37.6 Å². The molecule has 8 heteroatoms. The summed E-state index contributed by atoms with van der Waals surface area (Å²) in [6, 6.07) is 7.22. The van der Waals surface area contributed by atoms with Gasteiger partial charge in [-0.1, -0.05) is 41.0 Å². The number of rotatable bonds is 7. The van der Waals surface area contributed by atoms with Crippen LogP contribution in [0.4, 0.5) is 0 Å². The molecule has 0 saturated carbocycles. The first-order chi connectivity index (χ1) is 13.0. The molecule has 0 unspecified atom stereocenters. The maximum atomic E-state index is 11.8. The minimum atomic E-state index is -0.132. The Bertz CT molecular complexity index is 1000. The van der Waals surface area contributed by atoms with Crippen molar-refractivity contribution >= 4 is 27.7 Å². The molecule has 2 heterocycles.